The third-order valence-electron chi connectivity index (χ3n) is 2.56. The summed E-state index contributed by atoms with van der Waals surface area (Å²) in [4.78, 5) is 0. The molecule has 15 heavy (non-hydrogen) atoms. The van der Waals surface area contributed by atoms with Gasteiger partial charge in [-0.25, -0.2) is 0 Å². The molecule has 2 rings (SSSR count). The van der Waals surface area contributed by atoms with E-state index in [1.807, 2.05) is 12.1 Å². The van der Waals surface area contributed by atoms with Crippen LogP contribution in [0.5, 0.6) is 5.75 Å². The predicted molar refractivity (Wildman–Crippen MR) is 63.9 cm³/mol. The molecule has 0 aromatic heterocycles. The molecule has 1 aromatic rings. The number of rotatable bonds is 2. The molecule has 84 valence electrons. The predicted octanol–water partition coefficient (Wildman–Crippen LogP) is 1.35. The number of piperazine rings is 1. The van der Waals surface area contributed by atoms with Crippen molar-refractivity contribution in [2.45, 2.75) is 6.04 Å². The van der Waals surface area contributed by atoms with E-state index in [0.717, 1.165) is 25.4 Å². The summed E-state index contributed by atoms with van der Waals surface area (Å²) in [5.41, 5.74) is 1.32. The molecular formula is C11H17ClN2O. The number of halogens is 1. The summed E-state index contributed by atoms with van der Waals surface area (Å²) >= 11 is 0. The molecule has 1 heterocycles. The molecule has 0 radical (unpaired) electrons. The molecule has 0 amide bonds. The van der Waals surface area contributed by atoms with Crippen LogP contribution in [0.2, 0.25) is 0 Å². The molecule has 1 atom stereocenters. The van der Waals surface area contributed by atoms with Gasteiger partial charge in [0.25, 0.3) is 0 Å². The highest BCUT2D eigenvalue weighted by Crippen LogP contribution is 2.17. The largest absolute Gasteiger partial charge is 0.497 e. The van der Waals surface area contributed by atoms with Gasteiger partial charge >= 0.3 is 0 Å². The van der Waals surface area contributed by atoms with Gasteiger partial charge in [0.15, 0.2) is 0 Å². The summed E-state index contributed by atoms with van der Waals surface area (Å²) < 4.78 is 5.12. The van der Waals surface area contributed by atoms with Crippen LogP contribution >= 0.6 is 12.4 Å². The Balaban J connectivity index is 0.00000112. The van der Waals surface area contributed by atoms with Crippen LogP contribution in [-0.4, -0.2) is 26.7 Å². The third-order valence-corrected chi connectivity index (χ3v) is 2.56. The number of benzene rings is 1. The first kappa shape index (κ1) is 12.3. The molecule has 3 nitrogen and oxygen atoms in total. The highest BCUT2D eigenvalue weighted by molar-refractivity contribution is 5.85. The summed E-state index contributed by atoms with van der Waals surface area (Å²) in [6.45, 7) is 3.11. The second-order valence-corrected chi connectivity index (χ2v) is 3.48. The van der Waals surface area contributed by atoms with E-state index in [1.165, 1.54) is 5.56 Å². The van der Waals surface area contributed by atoms with Crippen molar-refractivity contribution in [3.05, 3.63) is 29.8 Å². The SMILES string of the molecule is COc1ccc([C@@H]2CNCCN2)cc1.Cl. The number of nitrogens with one attached hydrogen (secondary N) is 2. The summed E-state index contributed by atoms with van der Waals surface area (Å²) in [6, 6.07) is 8.68. The van der Waals surface area contributed by atoms with Crippen molar-refractivity contribution in [3.63, 3.8) is 0 Å². The Morgan fingerprint density at radius 2 is 1.93 bits per heavy atom. The number of ether oxygens (including phenoxy) is 1. The second kappa shape index (κ2) is 5.95. The van der Waals surface area contributed by atoms with Crippen LogP contribution in [0.3, 0.4) is 0 Å². The van der Waals surface area contributed by atoms with E-state index in [-0.39, 0.29) is 12.4 Å². The Hall–Kier alpha value is -0.770. The van der Waals surface area contributed by atoms with Crippen LogP contribution in [0.1, 0.15) is 11.6 Å². The molecule has 0 unspecified atom stereocenters. The average Bonchev–Trinajstić information content (AvgIpc) is 2.30. The van der Waals surface area contributed by atoms with E-state index < -0.39 is 0 Å². The van der Waals surface area contributed by atoms with Crippen molar-refractivity contribution in [2.75, 3.05) is 26.7 Å². The van der Waals surface area contributed by atoms with Gasteiger partial charge in [-0.15, -0.1) is 12.4 Å². The lowest BCUT2D eigenvalue weighted by molar-refractivity contribution is 0.412. The van der Waals surface area contributed by atoms with Crippen LogP contribution in [0.4, 0.5) is 0 Å². The Morgan fingerprint density at radius 3 is 2.47 bits per heavy atom. The highest BCUT2D eigenvalue weighted by atomic mass is 35.5. The van der Waals surface area contributed by atoms with Gasteiger partial charge in [-0.1, -0.05) is 12.1 Å². The fourth-order valence-electron chi connectivity index (χ4n) is 1.73. The topological polar surface area (TPSA) is 33.3 Å². The van der Waals surface area contributed by atoms with Gasteiger partial charge < -0.3 is 15.4 Å². The Kier molecular flexibility index (Phi) is 4.88. The molecule has 0 saturated carbocycles. The van der Waals surface area contributed by atoms with E-state index in [0.29, 0.717) is 6.04 Å². The van der Waals surface area contributed by atoms with Crippen molar-refractivity contribution >= 4 is 12.4 Å². The van der Waals surface area contributed by atoms with Gasteiger partial charge in [-0.2, -0.15) is 0 Å². The zero-order valence-corrected chi connectivity index (χ0v) is 9.64. The minimum Gasteiger partial charge on any atom is -0.497 e. The highest BCUT2D eigenvalue weighted by Gasteiger charge is 2.13. The van der Waals surface area contributed by atoms with Gasteiger partial charge in [0.2, 0.25) is 0 Å². The molecule has 2 N–H and O–H groups in total. The van der Waals surface area contributed by atoms with Crippen LogP contribution in [-0.2, 0) is 0 Å². The van der Waals surface area contributed by atoms with Gasteiger partial charge in [-0.3, -0.25) is 0 Å². The maximum absolute atomic E-state index is 5.12. The van der Waals surface area contributed by atoms with Crippen molar-refractivity contribution < 1.29 is 4.74 Å². The zero-order valence-electron chi connectivity index (χ0n) is 8.82. The minimum atomic E-state index is 0. The minimum absolute atomic E-state index is 0. The van der Waals surface area contributed by atoms with E-state index in [4.69, 9.17) is 4.74 Å². The lowest BCUT2D eigenvalue weighted by Crippen LogP contribution is -2.42. The monoisotopic (exact) mass is 228 g/mol. The van der Waals surface area contributed by atoms with Crippen molar-refractivity contribution in [2.24, 2.45) is 0 Å². The van der Waals surface area contributed by atoms with Crippen molar-refractivity contribution in [1.82, 2.24) is 10.6 Å². The molecule has 0 bridgehead atoms. The Labute approximate surface area is 96.6 Å². The molecule has 1 aliphatic heterocycles. The van der Waals surface area contributed by atoms with Crippen LogP contribution < -0.4 is 15.4 Å². The Bertz CT molecular complexity index is 283. The molecular weight excluding hydrogens is 212 g/mol. The lowest BCUT2D eigenvalue weighted by atomic mass is 10.1. The van der Waals surface area contributed by atoms with Gasteiger partial charge in [0, 0.05) is 25.7 Å². The standard InChI is InChI=1S/C11H16N2O.ClH/c1-14-10-4-2-9(3-5-10)11-8-12-6-7-13-11;/h2-5,11-13H,6-8H2,1H3;1H/t11-;/m0./s1. The number of hydrogen-bond acceptors (Lipinski definition) is 3. The van der Waals surface area contributed by atoms with Crippen molar-refractivity contribution in [3.8, 4) is 5.75 Å². The van der Waals surface area contributed by atoms with E-state index in [2.05, 4.69) is 22.8 Å². The molecule has 0 spiro atoms. The summed E-state index contributed by atoms with van der Waals surface area (Å²) in [6.07, 6.45) is 0. The average molecular weight is 229 g/mol. The molecule has 4 heteroatoms. The lowest BCUT2D eigenvalue weighted by Gasteiger charge is -2.24. The summed E-state index contributed by atoms with van der Waals surface area (Å²) in [5, 5.41) is 6.84. The first-order valence-electron chi connectivity index (χ1n) is 4.98. The smallest absolute Gasteiger partial charge is 0.118 e. The zero-order chi connectivity index (χ0) is 9.80. The molecule has 1 aromatic carbocycles. The number of methoxy groups -OCH3 is 1. The summed E-state index contributed by atoms with van der Waals surface area (Å²) in [7, 11) is 1.69. The van der Waals surface area contributed by atoms with Gasteiger partial charge in [-0.05, 0) is 17.7 Å². The fraction of sp³-hybridized carbons (Fsp3) is 0.455. The van der Waals surface area contributed by atoms with Crippen molar-refractivity contribution in [1.29, 1.82) is 0 Å². The maximum Gasteiger partial charge on any atom is 0.118 e. The van der Waals surface area contributed by atoms with Crippen LogP contribution in [0.15, 0.2) is 24.3 Å². The number of hydrogen-bond donors (Lipinski definition) is 2. The van der Waals surface area contributed by atoms with Crippen LogP contribution in [0.25, 0.3) is 0 Å². The van der Waals surface area contributed by atoms with Gasteiger partial charge in [0.05, 0.1) is 7.11 Å². The maximum atomic E-state index is 5.12. The van der Waals surface area contributed by atoms with E-state index in [1.54, 1.807) is 7.11 Å². The Morgan fingerprint density at radius 1 is 1.20 bits per heavy atom. The normalized spacial score (nSPS) is 20.5. The molecule has 1 saturated heterocycles. The molecule has 1 aliphatic rings. The third kappa shape index (κ3) is 3.09. The molecule has 0 aliphatic carbocycles. The molecule has 1 fully saturated rings. The first-order valence-corrected chi connectivity index (χ1v) is 4.98. The first-order chi connectivity index (χ1) is 6.90. The quantitative estimate of drug-likeness (QED) is 0.802. The fourth-order valence-corrected chi connectivity index (χ4v) is 1.73. The van der Waals surface area contributed by atoms with Crippen LogP contribution in [0, 0.1) is 0 Å². The summed E-state index contributed by atoms with van der Waals surface area (Å²) in [5.74, 6) is 0.914. The van der Waals surface area contributed by atoms with Gasteiger partial charge in [0.1, 0.15) is 5.75 Å². The second-order valence-electron chi connectivity index (χ2n) is 3.48. The van der Waals surface area contributed by atoms with E-state index in [9.17, 15) is 0 Å². The van der Waals surface area contributed by atoms with E-state index >= 15 is 0 Å².